The van der Waals surface area contributed by atoms with Crippen LogP contribution in [0.5, 0.6) is 0 Å². The predicted molar refractivity (Wildman–Crippen MR) is 87.7 cm³/mol. The highest BCUT2D eigenvalue weighted by Crippen LogP contribution is 2.23. The number of piperidine rings is 1. The van der Waals surface area contributed by atoms with Crippen molar-refractivity contribution in [2.75, 3.05) is 13.1 Å². The second-order valence-electron chi connectivity index (χ2n) is 7.49. The van der Waals surface area contributed by atoms with E-state index in [1.54, 1.807) is 0 Å². The van der Waals surface area contributed by atoms with Crippen molar-refractivity contribution in [1.82, 2.24) is 14.8 Å². The highest BCUT2D eigenvalue weighted by Gasteiger charge is 2.33. The van der Waals surface area contributed by atoms with Crippen molar-refractivity contribution >= 4 is 6.09 Å². The van der Waals surface area contributed by atoms with Gasteiger partial charge in [-0.25, -0.2) is 4.79 Å². The minimum Gasteiger partial charge on any atom is -0.444 e. The number of nitrogens with one attached hydrogen (secondary N) is 1. The second kappa shape index (κ2) is 6.32. The Balaban J connectivity index is 1.83. The van der Waals surface area contributed by atoms with Crippen molar-refractivity contribution in [2.24, 2.45) is 7.05 Å². The molecule has 1 aliphatic heterocycles. The van der Waals surface area contributed by atoms with Crippen molar-refractivity contribution in [1.29, 1.82) is 0 Å². The van der Waals surface area contributed by atoms with Crippen LogP contribution in [0.15, 0.2) is 18.3 Å². The first kappa shape index (κ1) is 16.9. The number of amides is 1. The lowest BCUT2D eigenvalue weighted by Gasteiger charge is -2.40. The summed E-state index contributed by atoms with van der Waals surface area (Å²) in [6.45, 7) is 10.3. The number of ether oxygens (including phenoxy) is 1. The van der Waals surface area contributed by atoms with Crippen LogP contribution in [0.3, 0.4) is 0 Å². The minimum absolute atomic E-state index is 0.0722. The van der Waals surface area contributed by atoms with Gasteiger partial charge in [-0.15, -0.1) is 0 Å². The van der Waals surface area contributed by atoms with Gasteiger partial charge in [0.1, 0.15) is 5.60 Å². The van der Waals surface area contributed by atoms with Crippen LogP contribution in [0, 0.1) is 0 Å². The average Bonchev–Trinajstić information content (AvgIpc) is 2.81. The normalized spacial score (nSPS) is 18.3. The van der Waals surface area contributed by atoms with Gasteiger partial charge in [-0.3, -0.25) is 0 Å². The zero-order valence-corrected chi connectivity index (χ0v) is 14.5. The molecule has 1 aliphatic rings. The Morgan fingerprint density at radius 1 is 1.36 bits per heavy atom. The number of hydrogen-bond donors (Lipinski definition) is 1. The van der Waals surface area contributed by atoms with Crippen molar-refractivity contribution in [3.8, 4) is 0 Å². The molecule has 0 aliphatic carbocycles. The van der Waals surface area contributed by atoms with Crippen LogP contribution < -0.4 is 5.32 Å². The second-order valence-corrected chi connectivity index (χ2v) is 7.49. The number of aryl methyl sites for hydroxylation is 1. The number of likely N-dealkylation sites (tertiary alicyclic amines) is 1. The van der Waals surface area contributed by atoms with E-state index in [1.807, 2.05) is 25.7 Å². The van der Waals surface area contributed by atoms with Gasteiger partial charge in [-0.2, -0.15) is 0 Å². The van der Waals surface area contributed by atoms with Crippen molar-refractivity contribution < 1.29 is 9.53 Å². The van der Waals surface area contributed by atoms with Crippen molar-refractivity contribution in [3.63, 3.8) is 0 Å². The molecule has 2 rings (SSSR count). The van der Waals surface area contributed by atoms with Crippen LogP contribution in [0.4, 0.5) is 4.79 Å². The summed E-state index contributed by atoms with van der Waals surface area (Å²) in [4.78, 5) is 13.9. The topological polar surface area (TPSA) is 46.5 Å². The zero-order valence-electron chi connectivity index (χ0n) is 14.5. The Bertz CT molecular complexity index is 508. The van der Waals surface area contributed by atoms with Gasteiger partial charge >= 0.3 is 6.09 Å². The van der Waals surface area contributed by atoms with Gasteiger partial charge in [0.15, 0.2) is 0 Å². The standard InChI is InChI=1S/C17H29N3O2/c1-16(2,3)22-15(21)20-11-8-17(4,9-12-20)18-13-14-7-6-10-19(14)5/h6-7,10,18H,8-9,11-13H2,1-5H3. The molecule has 124 valence electrons. The fraction of sp³-hybridized carbons (Fsp3) is 0.706. The summed E-state index contributed by atoms with van der Waals surface area (Å²) >= 11 is 0. The highest BCUT2D eigenvalue weighted by atomic mass is 16.6. The molecule has 1 fully saturated rings. The summed E-state index contributed by atoms with van der Waals surface area (Å²) in [6.07, 6.45) is 3.75. The molecule has 0 saturated carbocycles. The zero-order chi connectivity index (χ0) is 16.4. The summed E-state index contributed by atoms with van der Waals surface area (Å²) in [5.41, 5.74) is 0.918. The van der Waals surface area contributed by atoms with E-state index in [9.17, 15) is 4.79 Å². The minimum atomic E-state index is -0.428. The van der Waals surface area contributed by atoms with Gasteiger partial charge in [-0.05, 0) is 52.7 Å². The van der Waals surface area contributed by atoms with Crippen molar-refractivity contribution in [3.05, 3.63) is 24.0 Å². The smallest absolute Gasteiger partial charge is 0.410 e. The molecule has 0 aromatic carbocycles. The Hall–Kier alpha value is -1.49. The van der Waals surface area contributed by atoms with Gasteiger partial charge < -0.3 is 19.5 Å². The maximum atomic E-state index is 12.1. The first-order valence-electron chi connectivity index (χ1n) is 8.02. The third-order valence-electron chi connectivity index (χ3n) is 4.27. The lowest BCUT2D eigenvalue weighted by atomic mass is 9.89. The average molecular weight is 307 g/mol. The fourth-order valence-corrected chi connectivity index (χ4v) is 2.67. The van der Waals surface area contributed by atoms with Gasteiger partial charge in [-0.1, -0.05) is 0 Å². The van der Waals surface area contributed by atoms with Crippen LogP contribution in [-0.2, 0) is 18.3 Å². The number of carbonyl (C=O) groups is 1. The highest BCUT2D eigenvalue weighted by molar-refractivity contribution is 5.68. The summed E-state index contributed by atoms with van der Waals surface area (Å²) in [6, 6.07) is 4.19. The first-order chi connectivity index (χ1) is 10.2. The summed E-state index contributed by atoms with van der Waals surface area (Å²) in [5.74, 6) is 0. The molecule has 1 aromatic heterocycles. The lowest BCUT2D eigenvalue weighted by molar-refractivity contribution is 0.0156. The molecule has 2 heterocycles. The van der Waals surface area contributed by atoms with Gasteiger partial charge in [0.25, 0.3) is 0 Å². The summed E-state index contributed by atoms with van der Waals surface area (Å²) in [7, 11) is 2.06. The molecule has 0 atom stereocenters. The molecule has 22 heavy (non-hydrogen) atoms. The van der Waals surface area contributed by atoms with Crippen LogP contribution >= 0.6 is 0 Å². The van der Waals surface area contributed by atoms with E-state index >= 15 is 0 Å². The van der Waals surface area contributed by atoms with Crippen molar-refractivity contribution in [2.45, 2.75) is 58.2 Å². The van der Waals surface area contributed by atoms with E-state index in [0.29, 0.717) is 0 Å². The molecule has 1 saturated heterocycles. The SMILES string of the molecule is Cn1cccc1CNC1(C)CCN(C(=O)OC(C)(C)C)CC1. The van der Waals surface area contributed by atoms with E-state index < -0.39 is 5.60 Å². The Morgan fingerprint density at radius 2 is 2.00 bits per heavy atom. The van der Waals surface area contributed by atoms with E-state index in [1.165, 1.54) is 5.69 Å². The third-order valence-corrected chi connectivity index (χ3v) is 4.27. The molecule has 5 nitrogen and oxygen atoms in total. The van der Waals surface area contributed by atoms with Crippen LogP contribution in [0.1, 0.15) is 46.2 Å². The van der Waals surface area contributed by atoms with E-state index in [-0.39, 0.29) is 11.6 Å². The fourth-order valence-electron chi connectivity index (χ4n) is 2.67. The third kappa shape index (κ3) is 4.50. The Morgan fingerprint density at radius 3 is 2.50 bits per heavy atom. The van der Waals surface area contributed by atoms with Gasteiger partial charge in [0, 0.05) is 44.1 Å². The Kier molecular flexibility index (Phi) is 4.85. The first-order valence-corrected chi connectivity index (χ1v) is 8.02. The largest absolute Gasteiger partial charge is 0.444 e. The van der Waals surface area contributed by atoms with E-state index in [2.05, 4.69) is 42.2 Å². The van der Waals surface area contributed by atoms with E-state index in [0.717, 1.165) is 32.5 Å². The maximum absolute atomic E-state index is 12.1. The van der Waals surface area contributed by atoms with E-state index in [4.69, 9.17) is 4.74 Å². The molecular formula is C17H29N3O2. The molecule has 1 amide bonds. The van der Waals surface area contributed by atoms with Crippen LogP contribution in [0.25, 0.3) is 0 Å². The van der Waals surface area contributed by atoms with Crippen LogP contribution in [-0.4, -0.2) is 39.8 Å². The van der Waals surface area contributed by atoms with Gasteiger partial charge in [0.05, 0.1) is 0 Å². The molecule has 5 heteroatoms. The number of hydrogen-bond acceptors (Lipinski definition) is 3. The summed E-state index contributed by atoms with van der Waals surface area (Å²) in [5, 5.41) is 3.65. The molecular weight excluding hydrogens is 278 g/mol. The number of nitrogens with zero attached hydrogens (tertiary/aromatic N) is 2. The monoisotopic (exact) mass is 307 g/mol. The number of aromatic nitrogens is 1. The molecule has 0 unspecified atom stereocenters. The van der Waals surface area contributed by atoms with Crippen LogP contribution in [0.2, 0.25) is 0 Å². The molecule has 0 bridgehead atoms. The van der Waals surface area contributed by atoms with Gasteiger partial charge in [0.2, 0.25) is 0 Å². The molecule has 0 spiro atoms. The summed E-state index contributed by atoms with van der Waals surface area (Å²) < 4.78 is 7.57. The molecule has 0 radical (unpaired) electrons. The Labute approximate surface area is 133 Å². The number of rotatable bonds is 3. The maximum Gasteiger partial charge on any atom is 0.410 e. The molecule has 1 N–H and O–H groups in total. The predicted octanol–water partition coefficient (Wildman–Crippen LogP) is 2.90. The quantitative estimate of drug-likeness (QED) is 0.934. The lowest BCUT2D eigenvalue weighted by Crippen LogP contribution is -2.53. The number of carbonyl (C=O) groups excluding carboxylic acids is 1. The molecule has 1 aromatic rings.